The van der Waals surface area contributed by atoms with E-state index in [4.69, 9.17) is 0 Å². The van der Waals surface area contributed by atoms with E-state index in [0.717, 1.165) is 39.0 Å². The van der Waals surface area contributed by atoms with Gasteiger partial charge in [0.1, 0.15) is 0 Å². The normalized spacial score (nSPS) is 33.3. The van der Waals surface area contributed by atoms with E-state index >= 15 is 0 Å². The van der Waals surface area contributed by atoms with Crippen LogP contribution in [0.5, 0.6) is 0 Å². The summed E-state index contributed by atoms with van der Waals surface area (Å²) in [6.45, 7) is 17.9. The molecule has 1 unspecified atom stereocenters. The third-order valence-electron chi connectivity index (χ3n) is 4.06. The van der Waals surface area contributed by atoms with Crippen LogP contribution in [0.15, 0.2) is 0 Å². The van der Waals surface area contributed by atoms with Crippen molar-refractivity contribution in [1.29, 1.82) is 0 Å². The first kappa shape index (κ1) is 17.9. The Balaban J connectivity index is 2.59. The molecular weight excluding hydrogens is 248 g/mol. The van der Waals surface area contributed by atoms with Gasteiger partial charge in [0.05, 0.1) is 0 Å². The summed E-state index contributed by atoms with van der Waals surface area (Å²) < 4.78 is 0. The number of hydrogen-bond acceptors (Lipinski definition) is 4. The maximum atomic E-state index is 3.76. The second kappa shape index (κ2) is 7.74. The van der Waals surface area contributed by atoms with Crippen molar-refractivity contribution in [3.8, 4) is 0 Å². The van der Waals surface area contributed by atoms with Crippen LogP contribution >= 0.6 is 0 Å². The Morgan fingerprint density at radius 1 is 0.850 bits per heavy atom. The van der Waals surface area contributed by atoms with E-state index in [1.165, 1.54) is 0 Å². The predicted molar refractivity (Wildman–Crippen MR) is 88.3 cm³/mol. The summed E-state index contributed by atoms with van der Waals surface area (Å²) in [5, 5.41) is 14.6. The van der Waals surface area contributed by atoms with E-state index in [2.05, 4.69) is 62.8 Å². The summed E-state index contributed by atoms with van der Waals surface area (Å²) in [5.41, 5.74) is 0.354. The largest absolute Gasteiger partial charge is 0.315 e. The van der Waals surface area contributed by atoms with Crippen LogP contribution in [0.2, 0.25) is 0 Å². The van der Waals surface area contributed by atoms with Crippen molar-refractivity contribution in [1.82, 2.24) is 21.3 Å². The average Bonchev–Trinajstić information content (AvgIpc) is 2.29. The lowest BCUT2D eigenvalue weighted by atomic mass is 9.94. The fraction of sp³-hybridized carbons (Fsp3) is 1.00. The van der Waals surface area contributed by atoms with Crippen LogP contribution in [-0.4, -0.2) is 49.3 Å². The van der Waals surface area contributed by atoms with E-state index in [-0.39, 0.29) is 11.1 Å². The molecule has 1 saturated heterocycles. The Kier molecular flexibility index (Phi) is 6.92. The van der Waals surface area contributed by atoms with Gasteiger partial charge in [-0.2, -0.15) is 0 Å². The third kappa shape index (κ3) is 7.58. The molecule has 0 amide bonds. The molecule has 0 spiro atoms. The van der Waals surface area contributed by atoms with Crippen LogP contribution < -0.4 is 21.3 Å². The van der Waals surface area contributed by atoms with Gasteiger partial charge in [0, 0.05) is 42.8 Å². The summed E-state index contributed by atoms with van der Waals surface area (Å²) >= 11 is 0. The zero-order valence-corrected chi connectivity index (χ0v) is 14.4. The van der Waals surface area contributed by atoms with Gasteiger partial charge in [-0.25, -0.2) is 0 Å². The third-order valence-corrected chi connectivity index (χ3v) is 4.06. The van der Waals surface area contributed by atoms with Crippen molar-refractivity contribution in [3.63, 3.8) is 0 Å². The summed E-state index contributed by atoms with van der Waals surface area (Å²) in [7, 11) is 0. The number of rotatable bonds is 0. The molecule has 0 aromatic heterocycles. The van der Waals surface area contributed by atoms with Crippen molar-refractivity contribution in [2.75, 3.05) is 26.2 Å². The molecule has 4 N–H and O–H groups in total. The summed E-state index contributed by atoms with van der Waals surface area (Å²) in [6.07, 6.45) is 2.29. The van der Waals surface area contributed by atoms with Crippen molar-refractivity contribution >= 4 is 0 Å². The van der Waals surface area contributed by atoms with E-state index in [0.29, 0.717) is 12.1 Å². The molecule has 1 aliphatic rings. The van der Waals surface area contributed by atoms with Crippen LogP contribution in [0.4, 0.5) is 0 Å². The van der Waals surface area contributed by atoms with E-state index in [1.54, 1.807) is 0 Å². The second-order valence-electron chi connectivity index (χ2n) is 7.75. The van der Waals surface area contributed by atoms with Gasteiger partial charge in [-0.05, 0) is 60.9 Å². The highest BCUT2D eigenvalue weighted by Crippen LogP contribution is 2.13. The van der Waals surface area contributed by atoms with Gasteiger partial charge in [-0.1, -0.05) is 0 Å². The van der Waals surface area contributed by atoms with E-state index < -0.39 is 0 Å². The molecule has 1 aliphatic heterocycles. The fourth-order valence-corrected chi connectivity index (χ4v) is 3.07. The first-order valence-corrected chi connectivity index (χ1v) is 8.17. The van der Waals surface area contributed by atoms with Crippen LogP contribution in [0.25, 0.3) is 0 Å². The quantitative estimate of drug-likeness (QED) is 0.544. The minimum Gasteiger partial charge on any atom is -0.315 e. The zero-order valence-electron chi connectivity index (χ0n) is 14.4. The highest BCUT2D eigenvalue weighted by molar-refractivity contribution is 4.87. The molecule has 4 heteroatoms. The van der Waals surface area contributed by atoms with E-state index in [1.807, 2.05) is 0 Å². The van der Waals surface area contributed by atoms with Gasteiger partial charge in [-0.15, -0.1) is 0 Å². The Morgan fingerprint density at radius 2 is 1.55 bits per heavy atom. The SMILES string of the molecule is CC1CC(C)(C)N[C@H](C)CNC(C)(C)CCNCCN1. The zero-order chi connectivity index (χ0) is 15.2. The summed E-state index contributed by atoms with van der Waals surface area (Å²) in [4.78, 5) is 0. The first-order chi connectivity index (χ1) is 9.20. The van der Waals surface area contributed by atoms with Gasteiger partial charge in [0.2, 0.25) is 0 Å². The van der Waals surface area contributed by atoms with Gasteiger partial charge in [-0.3, -0.25) is 0 Å². The van der Waals surface area contributed by atoms with Gasteiger partial charge >= 0.3 is 0 Å². The highest BCUT2D eigenvalue weighted by Gasteiger charge is 2.24. The first-order valence-electron chi connectivity index (χ1n) is 8.17. The standard InChI is InChI=1S/C16H36N4/c1-13-11-16(5,6)20-14(2)12-19-15(3,4)7-8-17-9-10-18-13/h13-14,17-20H,7-12H2,1-6H3/t13?,14-/m1/s1. The molecule has 1 heterocycles. The molecule has 20 heavy (non-hydrogen) atoms. The lowest BCUT2D eigenvalue weighted by Gasteiger charge is -2.35. The Bertz CT molecular complexity index is 276. The minimum absolute atomic E-state index is 0.162. The average molecular weight is 284 g/mol. The number of nitrogens with one attached hydrogen (secondary N) is 4. The van der Waals surface area contributed by atoms with Crippen LogP contribution in [0.1, 0.15) is 54.4 Å². The number of hydrogen-bond donors (Lipinski definition) is 4. The molecule has 1 fully saturated rings. The molecule has 0 aromatic rings. The topological polar surface area (TPSA) is 48.1 Å². The highest BCUT2D eigenvalue weighted by atomic mass is 15.1. The molecule has 120 valence electrons. The summed E-state index contributed by atoms with van der Waals surface area (Å²) in [5.74, 6) is 0. The van der Waals surface area contributed by atoms with Crippen LogP contribution in [-0.2, 0) is 0 Å². The summed E-state index contributed by atoms with van der Waals surface area (Å²) in [6, 6.07) is 1.02. The minimum atomic E-state index is 0.162. The molecule has 0 aromatic carbocycles. The van der Waals surface area contributed by atoms with Crippen molar-refractivity contribution in [3.05, 3.63) is 0 Å². The Hall–Kier alpha value is -0.160. The smallest absolute Gasteiger partial charge is 0.0169 e. The molecule has 0 saturated carbocycles. The van der Waals surface area contributed by atoms with Gasteiger partial charge in [0.25, 0.3) is 0 Å². The second-order valence-corrected chi connectivity index (χ2v) is 7.75. The Labute approximate surface area is 125 Å². The monoisotopic (exact) mass is 284 g/mol. The molecule has 1 rings (SSSR count). The van der Waals surface area contributed by atoms with E-state index in [9.17, 15) is 0 Å². The lowest BCUT2D eigenvalue weighted by molar-refractivity contribution is 0.263. The molecule has 2 atom stereocenters. The molecule has 4 nitrogen and oxygen atoms in total. The van der Waals surface area contributed by atoms with Crippen molar-refractivity contribution in [2.24, 2.45) is 0 Å². The molecular formula is C16H36N4. The maximum Gasteiger partial charge on any atom is 0.0169 e. The van der Waals surface area contributed by atoms with Crippen molar-refractivity contribution < 1.29 is 0 Å². The molecule has 0 bridgehead atoms. The molecule has 0 aliphatic carbocycles. The predicted octanol–water partition coefficient (Wildman–Crippen LogP) is 1.47. The van der Waals surface area contributed by atoms with Gasteiger partial charge < -0.3 is 21.3 Å². The van der Waals surface area contributed by atoms with Crippen LogP contribution in [0, 0.1) is 0 Å². The van der Waals surface area contributed by atoms with Crippen LogP contribution in [0.3, 0.4) is 0 Å². The Morgan fingerprint density at radius 3 is 2.25 bits per heavy atom. The van der Waals surface area contributed by atoms with Gasteiger partial charge in [0.15, 0.2) is 0 Å². The fourth-order valence-electron chi connectivity index (χ4n) is 3.07. The maximum absolute atomic E-state index is 3.76. The lowest BCUT2D eigenvalue weighted by Crippen LogP contribution is -2.54. The molecule has 0 radical (unpaired) electrons. The van der Waals surface area contributed by atoms with Crippen molar-refractivity contribution in [2.45, 2.75) is 77.5 Å².